The smallest absolute Gasteiger partial charge is 0.240 e. The van der Waals surface area contributed by atoms with Crippen LogP contribution < -0.4 is 5.32 Å². The molecule has 2 rings (SSSR count). The van der Waals surface area contributed by atoms with Crippen molar-refractivity contribution >= 4 is 0 Å². The summed E-state index contributed by atoms with van der Waals surface area (Å²) in [5.74, 6) is 0.254. The summed E-state index contributed by atoms with van der Waals surface area (Å²) in [6.07, 6.45) is -2.49. The number of hydrogen-bond donors (Lipinski definition) is 2. The summed E-state index contributed by atoms with van der Waals surface area (Å²) in [5, 5.41) is 13.1. The van der Waals surface area contributed by atoms with E-state index in [2.05, 4.69) is 10.2 Å². The van der Waals surface area contributed by atoms with Crippen molar-refractivity contribution in [2.75, 3.05) is 26.2 Å². The molecule has 1 aromatic rings. The van der Waals surface area contributed by atoms with Crippen molar-refractivity contribution in [3.05, 3.63) is 28.8 Å². The second-order valence-corrected chi connectivity index (χ2v) is 5.43. The molecule has 0 amide bonds. The third-order valence-electron chi connectivity index (χ3n) is 3.89. The summed E-state index contributed by atoms with van der Waals surface area (Å²) < 4.78 is 25.8. The lowest BCUT2D eigenvalue weighted by molar-refractivity contribution is 0.0738. The van der Waals surface area contributed by atoms with Crippen LogP contribution >= 0.6 is 0 Å². The van der Waals surface area contributed by atoms with Crippen LogP contribution in [-0.2, 0) is 0 Å². The van der Waals surface area contributed by atoms with E-state index >= 15 is 0 Å². The second kappa shape index (κ2) is 6.50. The van der Waals surface area contributed by atoms with Gasteiger partial charge in [0.2, 0.25) is 6.43 Å². The highest BCUT2D eigenvalue weighted by Crippen LogP contribution is 2.32. The molecular weight excluding hydrogens is 262 g/mol. The molecular formula is C15H22F2N2O. The van der Waals surface area contributed by atoms with Crippen molar-refractivity contribution in [3.63, 3.8) is 0 Å². The Balaban J connectivity index is 2.30. The molecule has 112 valence electrons. The van der Waals surface area contributed by atoms with Crippen molar-refractivity contribution in [2.24, 2.45) is 0 Å². The molecule has 2 N–H and O–H groups in total. The third kappa shape index (κ3) is 3.46. The van der Waals surface area contributed by atoms with Crippen molar-refractivity contribution in [3.8, 4) is 5.75 Å². The number of benzene rings is 1. The highest BCUT2D eigenvalue weighted by atomic mass is 19.3. The Labute approximate surface area is 118 Å². The number of hydrogen-bond acceptors (Lipinski definition) is 3. The molecule has 0 saturated carbocycles. The van der Waals surface area contributed by atoms with E-state index in [0.29, 0.717) is 0 Å². The Morgan fingerprint density at radius 1 is 1.20 bits per heavy atom. The van der Waals surface area contributed by atoms with Gasteiger partial charge in [-0.15, -0.1) is 0 Å². The first-order valence-electron chi connectivity index (χ1n) is 7.02. The van der Waals surface area contributed by atoms with E-state index in [-0.39, 0.29) is 18.2 Å². The maximum Gasteiger partial charge on any atom is 0.240 e. The zero-order valence-corrected chi connectivity index (χ0v) is 12.0. The average molecular weight is 284 g/mol. The van der Waals surface area contributed by atoms with Gasteiger partial charge in [-0.05, 0) is 30.5 Å². The Hall–Kier alpha value is -1.20. The molecule has 0 bridgehead atoms. The van der Waals surface area contributed by atoms with Gasteiger partial charge in [0.05, 0.1) is 0 Å². The maximum atomic E-state index is 12.9. The number of nitrogens with zero attached hydrogens (tertiary/aromatic N) is 1. The van der Waals surface area contributed by atoms with Crippen LogP contribution in [0.4, 0.5) is 8.78 Å². The lowest BCUT2D eigenvalue weighted by Crippen LogP contribution is -2.45. The summed E-state index contributed by atoms with van der Waals surface area (Å²) in [6, 6.07) is 3.38. The molecule has 1 heterocycles. The van der Waals surface area contributed by atoms with Crippen molar-refractivity contribution < 1.29 is 13.9 Å². The maximum absolute atomic E-state index is 12.9. The Bertz CT molecular complexity index is 436. The van der Waals surface area contributed by atoms with Gasteiger partial charge < -0.3 is 10.4 Å². The topological polar surface area (TPSA) is 35.5 Å². The molecule has 20 heavy (non-hydrogen) atoms. The van der Waals surface area contributed by atoms with Crippen LogP contribution in [0.5, 0.6) is 5.75 Å². The minimum Gasteiger partial charge on any atom is -0.507 e. The van der Waals surface area contributed by atoms with E-state index in [1.165, 1.54) is 0 Å². The molecule has 0 spiro atoms. The van der Waals surface area contributed by atoms with Crippen LogP contribution in [0, 0.1) is 13.8 Å². The van der Waals surface area contributed by atoms with Crippen molar-refractivity contribution in [1.29, 1.82) is 0 Å². The molecule has 0 aliphatic carbocycles. The predicted octanol–water partition coefficient (Wildman–Crippen LogP) is 2.61. The van der Waals surface area contributed by atoms with Crippen molar-refractivity contribution in [2.45, 2.75) is 32.7 Å². The highest BCUT2D eigenvalue weighted by molar-refractivity contribution is 5.43. The fraction of sp³-hybridized carbons (Fsp3) is 0.600. The molecule has 3 nitrogen and oxygen atoms in total. The van der Waals surface area contributed by atoms with E-state index in [1.807, 2.05) is 26.0 Å². The summed E-state index contributed by atoms with van der Waals surface area (Å²) in [7, 11) is 0. The standard InChI is InChI=1S/C15H22F2N2O/c1-10-7-12(8-11(2)15(10)20)13(9-14(16)17)19-5-3-18-4-6-19/h7-8,13-14,18,20H,3-6,9H2,1-2H3/t13-/m1/s1. The minimum absolute atomic E-state index is 0.163. The number of aromatic hydroxyl groups is 1. The molecule has 1 aliphatic heterocycles. The molecule has 1 aromatic carbocycles. The number of halogens is 2. The molecule has 0 aromatic heterocycles. The first kappa shape index (κ1) is 15.2. The van der Waals surface area contributed by atoms with E-state index < -0.39 is 6.43 Å². The third-order valence-corrected chi connectivity index (χ3v) is 3.89. The molecule has 0 radical (unpaired) electrons. The lowest BCUT2D eigenvalue weighted by Gasteiger charge is -2.35. The van der Waals surface area contributed by atoms with Gasteiger partial charge in [0.15, 0.2) is 0 Å². The zero-order chi connectivity index (χ0) is 14.7. The van der Waals surface area contributed by atoms with Gasteiger partial charge in [0, 0.05) is 38.6 Å². The number of aryl methyl sites for hydroxylation is 2. The monoisotopic (exact) mass is 284 g/mol. The van der Waals surface area contributed by atoms with Gasteiger partial charge in [0.1, 0.15) is 5.75 Å². The van der Waals surface area contributed by atoms with Gasteiger partial charge in [0.25, 0.3) is 0 Å². The van der Waals surface area contributed by atoms with E-state index in [1.54, 1.807) is 0 Å². The summed E-state index contributed by atoms with van der Waals surface area (Å²) in [5.41, 5.74) is 2.36. The zero-order valence-electron chi connectivity index (χ0n) is 12.0. The first-order chi connectivity index (χ1) is 9.49. The fourth-order valence-corrected chi connectivity index (χ4v) is 2.84. The van der Waals surface area contributed by atoms with E-state index in [4.69, 9.17) is 0 Å². The number of alkyl halides is 2. The number of nitrogens with one attached hydrogen (secondary N) is 1. The molecule has 0 unspecified atom stereocenters. The molecule has 1 saturated heterocycles. The fourth-order valence-electron chi connectivity index (χ4n) is 2.84. The van der Waals surface area contributed by atoms with Gasteiger partial charge in [-0.3, -0.25) is 4.90 Å². The van der Waals surface area contributed by atoms with Gasteiger partial charge in [-0.1, -0.05) is 12.1 Å². The van der Waals surface area contributed by atoms with Crippen LogP contribution in [-0.4, -0.2) is 42.6 Å². The second-order valence-electron chi connectivity index (χ2n) is 5.43. The molecule has 1 fully saturated rings. The largest absolute Gasteiger partial charge is 0.507 e. The Morgan fingerprint density at radius 3 is 2.25 bits per heavy atom. The van der Waals surface area contributed by atoms with Crippen LogP contribution in [0.25, 0.3) is 0 Å². The Kier molecular flexibility index (Phi) is 4.94. The summed E-state index contributed by atoms with van der Waals surface area (Å²) >= 11 is 0. The van der Waals surface area contributed by atoms with Gasteiger partial charge >= 0.3 is 0 Å². The quantitative estimate of drug-likeness (QED) is 0.892. The lowest BCUT2D eigenvalue weighted by atomic mass is 9.96. The van der Waals surface area contributed by atoms with Crippen LogP contribution in [0.2, 0.25) is 0 Å². The normalized spacial score (nSPS) is 18.4. The highest BCUT2D eigenvalue weighted by Gasteiger charge is 2.26. The van der Waals surface area contributed by atoms with E-state index in [0.717, 1.165) is 42.9 Å². The van der Waals surface area contributed by atoms with Gasteiger partial charge in [-0.25, -0.2) is 8.78 Å². The van der Waals surface area contributed by atoms with Crippen LogP contribution in [0.3, 0.4) is 0 Å². The number of phenols is 1. The predicted molar refractivity (Wildman–Crippen MR) is 75.4 cm³/mol. The number of piperazine rings is 1. The minimum atomic E-state index is -2.33. The molecule has 1 aliphatic rings. The van der Waals surface area contributed by atoms with Crippen molar-refractivity contribution in [1.82, 2.24) is 10.2 Å². The molecule has 1 atom stereocenters. The van der Waals surface area contributed by atoms with Crippen LogP contribution in [0.1, 0.15) is 29.2 Å². The van der Waals surface area contributed by atoms with E-state index in [9.17, 15) is 13.9 Å². The van der Waals surface area contributed by atoms with Gasteiger partial charge in [-0.2, -0.15) is 0 Å². The SMILES string of the molecule is Cc1cc([C@@H](CC(F)F)N2CCNCC2)cc(C)c1O. The average Bonchev–Trinajstić information content (AvgIpc) is 2.42. The number of rotatable bonds is 4. The number of phenolic OH excluding ortho intramolecular Hbond substituents is 1. The summed E-state index contributed by atoms with van der Waals surface area (Å²) in [4.78, 5) is 2.11. The molecule has 5 heteroatoms. The first-order valence-corrected chi connectivity index (χ1v) is 7.02. The summed E-state index contributed by atoms with van der Waals surface area (Å²) in [6.45, 7) is 6.82. The Morgan fingerprint density at radius 2 is 1.75 bits per heavy atom. The van der Waals surface area contributed by atoms with Crippen LogP contribution in [0.15, 0.2) is 12.1 Å².